The zero-order chi connectivity index (χ0) is 16.4. The molecule has 0 spiro atoms. The molecule has 0 radical (unpaired) electrons. The Morgan fingerprint density at radius 1 is 1.09 bits per heavy atom. The summed E-state index contributed by atoms with van der Waals surface area (Å²) in [5.41, 5.74) is 1.08. The molecule has 1 aliphatic rings. The quantitative estimate of drug-likeness (QED) is 0.829. The van der Waals surface area contributed by atoms with Crippen LogP contribution in [-0.2, 0) is 16.6 Å². The van der Waals surface area contributed by atoms with Crippen LogP contribution in [0.2, 0.25) is 5.02 Å². The topological polar surface area (TPSA) is 40.6 Å². The molecule has 1 saturated heterocycles. The van der Waals surface area contributed by atoms with E-state index in [-0.39, 0.29) is 0 Å². The van der Waals surface area contributed by atoms with Gasteiger partial charge in [0.1, 0.15) is 4.21 Å². The Balaban J connectivity index is 1.63. The molecule has 0 atom stereocenters. The first-order valence-electron chi connectivity index (χ1n) is 7.49. The summed E-state index contributed by atoms with van der Waals surface area (Å²) in [7, 11) is -3.35. The first-order chi connectivity index (χ1) is 11.0. The lowest BCUT2D eigenvalue weighted by Crippen LogP contribution is -2.48. The van der Waals surface area contributed by atoms with Crippen LogP contribution in [0.25, 0.3) is 0 Å². The first kappa shape index (κ1) is 16.9. The molecule has 23 heavy (non-hydrogen) atoms. The molecule has 0 amide bonds. The number of hydrogen-bond donors (Lipinski definition) is 0. The zero-order valence-electron chi connectivity index (χ0n) is 12.9. The Bertz CT molecular complexity index is 781. The van der Waals surface area contributed by atoms with E-state index in [2.05, 4.69) is 4.90 Å². The Kier molecular flexibility index (Phi) is 5.08. The summed E-state index contributed by atoms with van der Waals surface area (Å²) in [6.45, 7) is 5.15. The maximum Gasteiger partial charge on any atom is 0.252 e. The molecule has 1 aliphatic heterocycles. The van der Waals surface area contributed by atoms with Crippen molar-refractivity contribution in [1.82, 2.24) is 9.21 Å². The van der Waals surface area contributed by atoms with E-state index < -0.39 is 10.0 Å². The van der Waals surface area contributed by atoms with Crippen molar-refractivity contribution in [2.24, 2.45) is 0 Å². The van der Waals surface area contributed by atoms with Crippen LogP contribution >= 0.6 is 22.9 Å². The number of rotatable bonds is 4. The van der Waals surface area contributed by atoms with Crippen molar-refractivity contribution >= 4 is 33.0 Å². The Morgan fingerprint density at radius 3 is 2.39 bits per heavy atom. The smallest absolute Gasteiger partial charge is 0.252 e. The average molecular weight is 371 g/mol. The molecule has 1 aromatic carbocycles. The number of benzene rings is 1. The van der Waals surface area contributed by atoms with Crippen molar-refractivity contribution in [3.05, 3.63) is 51.9 Å². The van der Waals surface area contributed by atoms with Gasteiger partial charge >= 0.3 is 0 Å². The van der Waals surface area contributed by atoms with Gasteiger partial charge < -0.3 is 0 Å². The van der Waals surface area contributed by atoms with Crippen molar-refractivity contribution in [2.75, 3.05) is 26.2 Å². The van der Waals surface area contributed by atoms with Gasteiger partial charge in [-0.15, -0.1) is 11.3 Å². The average Bonchev–Trinajstić information content (AvgIpc) is 2.98. The van der Waals surface area contributed by atoms with E-state index in [1.165, 1.54) is 11.3 Å². The number of hydrogen-bond acceptors (Lipinski definition) is 4. The van der Waals surface area contributed by atoms with Crippen molar-refractivity contribution in [1.29, 1.82) is 0 Å². The van der Waals surface area contributed by atoms with Gasteiger partial charge in [-0.2, -0.15) is 4.31 Å². The molecular weight excluding hydrogens is 352 g/mol. The lowest BCUT2D eigenvalue weighted by atomic mass is 10.2. The van der Waals surface area contributed by atoms with E-state index in [4.69, 9.17) is 11.6 Å². The van der Waals surface area contributed by atoms with Crippen LogP contribution in [0.4, 0.5) is 0 Å². The minimum Gasteiger partial charge on any atom is -0.296 e. The SMILES string of the molecule is Cc1ccc(S(=O)(=O)N2CCN(Cc3ccccc3Cl)CC2)s1. The van der Waals surface area contributed by atoms with Crippen LogP contribution in [0.3, 0.4) is 0 Å². The summed E-state index contributed by atoms with van der Waals surface area (Å²) < 4.78 is 27.3. The van der Waals surface area contributed by atoms with Crippen molar-refractivity contribution in [3.8, 4) is 0 Å². The predicted octanol–water partition coefficient (Wildman–Crippen LogP) is 3.22. The molecule has 2 heterocycles. The number of halogens is 1. The fraction of sp³-hybridized carbons (Fsp3) is 0.375. The van der Waals surface area contributed by atoms with E-state index in [1.54, 1.807) is 10.4 Å². The second-order valence-corrected chi connectivity index (χ2v) is 9.50. The standard InChI is InChI=1S/C16H19ClN2O2S2/c1-13-6-7-16(22-13)23(20,21)19-10-8-18(9-11-19)12-14-4-2-3-5-15(14)17/h2-7H,8-12H2,1H3. The van der Waals surface area contributed by atoms with E-state index in [0.717, 1.165) is 35.1 Å². The second kappa shape index (κ2) is 6.91. The van der Waals surface area contributed by atoms with Gasteiger partial charge in [0.05, 0.1) is 0 Å². The molecule has 4 nitrogen and oxygen atoms in total. The van der Waals surface area contributed by atoms with Crippen LogP contribution in [0.5, 0.6) is 0 Å². The van der Waals surface area contributed by atoms with Crippen LogP contribution in [-0.4, -0.2) is 43.8 Å². The third-order valence-electron chi connectivity index (χ3n) is 3.99. The van der Waals surface area contributed by atoms with Crippen LogP contribution in [0, 0.1) is 6.92 Å². The summed E-state index contributed by atoms with van der Waals surface area (Å²) in [5, 5.41) is 0.761. The Labute approximate surface area is 146 Å². The number of thiophene rings is 1. The van der Waals surface area contributed by atoms with Crippen molar-refractivity contribution in [2.45, 2.75) is 17.7 Å². The minimum atomic E-state index is -3.35. The predicted molar refractivity (Wildman–Crippen MR) is 94.5 cm³/mol. The van der Waals surface area contributed by atoms with E-state index >= 15 is 0 Å². The first-order valence-corrected chi connectivity index (χ1v) is 10.1. The Morgan fingerprint density at radius 2 is 1.78 bits per heavy atom. The fourth-order valence-electron chi connectivity index (χ4n) is 2.67. The molecule has 0 bridgehead atoms. The van der Waals surface area contributed by atoms with Gasteiger partial charge in [0.25, 0.3) is 10.0 Å². The third kappa shape index (κ3) is 3.78. The molecule has 0 saturated carbocycles. The van der Waals surface area contributed by atoms with Gasteiger partial charge in [0, 0.05) is 42.6 Å². The van der Waals surface area contributed by atoms with Gasteiger partial charge in [0.15, 0.2) is 0 Å². The van der Waals surface area contributed by atoms with Crippen LogP contribution in [0.15, 0.2) is 40.6 Å². The normalized spacial score (nSPS) is 17.5. The number of sulfonamides is 1. The molecule has 1 aromatic heterocycles. The van der Waals surface area contributed by atoms with Gasteiger partial charge in [0.2, 0.25) is 0 Å². The minimum absolute atomic E-state index is 0.439. The van der Waals surface area contributed by atoms with Crippen molar-refractivity contribution in [3.63, 3.8) is 0 Å². The number of aryl methyl sites for hydroxylation is 1. The second-order valence-electron chi connectivity index (χ2n) is 5.64. The maximum atomic E-state index is 12.6. The summed E-state index contributed by atoms with van der Waals surface area (Å²) >= 11 is 7.53. The van der Waals surface area contributed by atoms with Gasteiger partial charge in [-0.05, 0) is 30.7 Å². The largest absolute Gasteiger partial charge is 0.296 e. The van der Waals surface area contributed by atoms with E-state index in [9.17, 15) is 8.42 Å². The lowest BCUT2D eigenvalue weighted by molar-refractivity contribution is 0.182. The third-order valence-corrected chi connectivity index (χ3v) is 7.73. The molecule has 2 aromatic rings. The Hall–Kier alpha value is -0.920. The monoisotopic (exact) mass is 370 g/mol. The molecule has 1 fully saturated rings. The molecule has 124 valence electrons. The highest BCUT2D eigenvalue weighted by atomic mass is 35.5. The maximum absolute atomic E-state index is 12.6. The molecule has 0 N–H and O–H groups in total. The molecule has 7 heteroatoms. The highest BCUT2D eigenvalue weighted by Crippen LogP contribution is 2.25. The van der Waals surface area contributed by atoms with Gasteiger partial charge in [-0.3, -0.25) is 4.90 Å². The lowest BCUT2D eigenvalue weighted by Gasteiger charge is -2.33. The molecular formula is C16H19ClN2O2S2. The van der Waals surface area contributed by atoms with Gasteiger partial charge in [-0.1, -0.05) is 29.8 Å². The van der Waals surface area contributed by atoms with E-state index in [0.29, 0.717) is 17.3 Å². The summed E-state index contributed by atoms with van der Waals surface area (Å²) in [6.07, 6.45) is 0. The molecule has 0 unspecified atom stereocenters. The summed E-state index contributed by atoms with van der Waals surface area (Å²) in [4.78, 5) is 3.26. The number of nitrogens with zero attached hydrogens (tertiary/aromatic N) is 2. The van der Waals surface area contributed by atoms with E-state index in [1.807, 2.05) is 37.3 Å². The van der Waals surface area contributed by atoms with Crippen molar-refractivity contribution < 1.29 is 8.42 Å². The fourth-order valence-corrected chi connectivity index (χ4v) is 5.73. The molecule has 3 rings (SSSR count). The number of piperazine rings is 1. The van der Waals surface area contributed by atoms with Gasteiger partial charge in [-0.25, -0.2) is 8.42 Å². The zero-order valence-corrected chi connectivity index (χ0v) is 15.3. The molecule has 0 aliphatic carbocycles. The summed E-state index contributed by atoms with van der Waals surface area (Å²) in [6, 6.07) is 11.3. The summed E-state index contributed by atoms with van der Waals surface area (Å²) in [5.74, 6) is 0. The van der Waals surface area contributed by atoms with Crippen LogP contribution in [0.1, 0.15) is 10.4 Å². The highest BCUT2D eigenvalue weighted by molar-refractivity contribution is 7.91. The highest BCUT2D eigenvalue weighted by Gasteiger charge is 2.29. The van der Waals surface area contributed by atoms with Crippen LogP contribution < -0.4 is 0 Å².